The normalized spacial score (nSPS) is 19.4. The van der Waals surface area contributed by atoms with E-state index >= 15 is 0 Å². The van der Waals surface area contributed by atoms with E-state index in [4.69, 9.17) is 4.74 Å². The molecular weight excluding hydrogens is 148 g/mol. The van der Waals surface area contributed by atoms with Gasteiger partial charge in [-0.15, -0.1) is 0 Å². The first-order chi connectivity index (χ1) is 5.61. The van der Waals surface area contributed by atoms with E-state index < -0.39 is 0 Å². The number of rotatable bonds is 5. The van der Waals surface area contributed by atoms with E-state index in [1.165, 1.54) is 6.42 Å². The molecule has 0 spiro atoms. The van der Waals surface area contributed by atoms with Gasteiger partial charge in [0.25, 0.3) is 0 Å². The van der Waals surface area contributed by atoms with Gasteiger partial charge in [-0.2, -0.15) is 0 Å². The van der Waals surface area contributed by atoms with Crippen LogP contribution in [0.5, 0.6) is 0 Å². The summed E-state index contributed by atoms with van der Waals surface area (Å²) in [5, 5.41) is 0. The van der Waals surface area contributed by atoms with Gasteiger partial charge in [-0.1, -0.05) is 39.3 Å². The maximum Gasteiger partial charge on any atom is 0.0603 e. The summed E-state index contributed by atoms with van der Waals surface area (Å²) in [6, 6.07) is 0. The third kappa shape index (κ3) is 4.55. The van der Waals surface area contributed by atoms with Gasteiger partial charge < -0.3 is 4.74 Å². The minimum atomic E-state index is 0.324. The Morgan fingerprint density at radius 3 is 2.17 bits per heavy atom. The van der Waals surface area contributed by atoms with Crippen molar-refractivity contribution >= 4 is 0 Å². The molecule has 0 rings (SSSR count). The zero-order valence-corrected chi connectivity index (χ0v) is 9.00. The Balaban J connectivity index is 3.81. The average molecular weight is 170 g/mol. The van der Waals surface area contributed by atoms with Gasteiger partial charge in [0, 0.05) is 7.11 Å². The molecule has 0 aliphatic rings. The molecule has 0 saturated carbocycles. The summed E-state index contributed by atoms with van der Waals surface area (Å²) in [5.41, 5.74) is 0. The molecule has 0 radical (unpaired) electrons. The van der Waals surface area contributed by atoms with E-state index in [0.717, 1.165) is 0 Å². The van der Waals surface area contributed by atoms with Crippen LogP contribution in [-0.2, 0) is 4.74 Å². The largest absolute Gasteiger partial charge is 0.381 e. The highest BCUT2D eigenvalue weighted by Gasteiger charge is 2.06. The smallest absolute Gasteiger partial charge is 0.0603 e. The molecule has 0 amide bonds. The molecule has 0 saturated heterocycles. The molecule has 12 heavy (non-hydrogen) atoms. The summed E-state index contributed by atoms with van der Waals surface area (Å²) in [7, 11) is 1.76. The van der Waals surface area contributed by atoms with E-state index in [1.54, 1.807) is 7.11 Å². The lowest BCUT2D eigenvalue weighted by molar-refractivity contribution is 0.0897. The Morgan fingerprint density at radius 1 is 1.17 bits per heavy atom. The lowest BCUT2D eigenvalue weighted by Crippen LogP contribution is -2.13. The van der Waals surface area contributed by atoms with Crippen molar-refractivity contribution in [2.75, 3.05) is 7.11 Å². The highest BCUT2D eigenvalue weighted by atomic mass is 16.5. The molecule has 0 aromatic rings. The van der Waals surface area contributed by atoms with Crippen molar-refractivity contribution in [2.45, 2.75) is 40.2 Å². The van der Waals surface area contributed by atoms with Crippen LogP contribution in [-0.4, -0.2) is 13.2 Å². The summed E-state index contributed by atoms with van der Waals surface area (Å²) in [6.07, 6.45) is 6.07. The minimum Gasteiger partial charge on any atom is -0.381 e. The SMILES string of the molecule is CCC(C)/C=C\[C@H](C)[C@H](C)OC. The van der Waals surface area contributed by atoms with E-state index in [-0.39, 0.29) is 0 Å². The van der Waals surface area contributed by atoms with Crippen LogP contribution in [0.1, 0.15) is 34.1 Å². The molecule has 0 aliphatic heterocycles. The van der Waals surface area contributed by atoms with Gasteiger partial charge in [0.05, 0.1) is 6.10 Å². The zero-order valence-electron chi connectivity index (χ0n) is 9.00. The lowest BCUT2D eigenvalue weighted by atomic mass is 10.0. The van der Waals surface area contributed by atoms with E-state index in [1.807, 2.05) is 0 Å². The average Bonchev–Trinajstić information content (AvgIpc) is 2.11. The summed E-state index contributed by atoms with van der Waals surface area (Å²) in [5.74, 6) is 1.21. The third-order valence-corrected chi connectivity index (χ3v) is 2.50. The Labute approximate surface area is 76.8 Å². The number of ether oxygens (including phenoxy) is 1. The zero-order chi connectivity index (χ0) is 9.56. The Bertz CT molecular complexity index is 129. The lowest BCUT2D eigenvalue weighted by Gasteiger charge is -2.14. The quantitative estimate of drug-likeness (QED) is 0.575. The first-order valence-corrected chi connectivity index (χ1v) is 4.82. The monoisotopic (exact) mass is 170 g/mol. The molecule has 0 heterocycles. The van der Waals surface area contributed by atoms with Crippen molar-refractivity contribution in [2.24, 2.45) is 11.8 Å². The fourth-order valence-electron chi connectivity index (χ4n) is 0.872. The number of hydrogen-bond acceptors (Lipinski definition) is 1. The Hall–Kier alpha value is -0.300. The van der Waals surface area contributed by atoms with E-state index in [9.17, 15) is 0 Å². The van der Waals surface area contributed by atoms with Gasteiger partial charge in [0.2, 0.25) is 0 Å². The fourth-order valence-corrected chi connectivity index (χ4v) is 0.872. The first-order valence-electron chi connectivity index (χ1n) is 4.82. The predicted molar refractivity (Wildman–Crippen MR) is 54.2 cm³/mol. The van der Waals surface area contributed by atoms with Gasteiger partial charge in [0.1, 0.15) is 0 Å². The van der Waals surface area contributed by atoms with Crippen molar-refractivity contribution in [1.82, 2.24) is 0 Å². The van der Waals surface area contributed by atoms with Crippen LogP contribution in [0.2, 0.25) is 0 Å². The maximum absolute atomic E-state index is 5.23. The second-order valence-corrected chi connectivity index (χ2v) is 3.57. The van der Waals surface area contributed by atoms with Gasteiger partial charge in [-0.05, 0) is 18.8 Å². The fraction of sp³-hybridized carbons (Fsp3) is 0.818. The molecule has 3 atom stereocenters. The molecule has 0 N–H and O–H groups in total. The second-order valence-electron chi connectivity index (χ2n) is 3.57. The molecule has 1 nitrogen and oxygen atoms in total. The Morgan fingerprint density at radius 2 is 1.75 bits per heavy atom. The molecule has 0 aromatic carbocycles. The van der Waals surface area contributed by atoms with Gasteiger partial charge in [-0.25, -0.2) is 0 Å². The molecule has 0 aromatic heterocycles. The van der Waals surface area contributed by atoms with Crippen molar-refractivity contribution in [3.63, 3.8) is 0 Å². The van der Waals surface area contributed by atoms with Crippen LogP contribution in [0.15, 0.2) is 12.2 Å². The maximum atomic E-state index is 5.23. The molecule has 0 fully saturated rings. The highest BCUT2D eigenvalue weighted by molar-refractivity contribution is 4.91. The predicted octanol–water partition coefficient (Wildman–Crippen LogP) is 3.26. The van der Waals surface area contributed by atoms with Gasteiger partial charge in [-0.3, -0.25) is 0 Å². The van der Waals surface area contributed by atoms with Crippen LogP contribution >= 0.6 is 0 Å². The van der Waals surface area contributed by atoms with Crippen LogP contribution < -0.4 is 0 Å². The molecular formula is C11H22O. The van der Waals surface area contributed by atoms with E-state index in [2.05, 4.69) is 39.8 Å². The topological polar surface area (TPSA) is 9.23 Å². The Kier molecular flexibility index (Phi) is 6.09. The molecule has 0 aliphatic carbocycles. The number of allylic oxidation sites excluding steroid dienone is 1. The van der Waals surface area contributed by atoms with Crippen molar-refractivity contribution < 1.29 is 4.74 Å². The summed E-state index contributed by atoms with van der Waals surface area (Å²) >= 11 is 0. The second kappa shape index (κ2) is 6.24. The van der Waals surface area contributed by atoms with Crippen LogP contribution in [0, 0.1) is 11.8 Å². The first kappa shape index (κ1) is 11.7. The third-order valence-electron chi connectivity index (χ3n) is 2.50. The van der Waals surface area contributed by atoms with Gasteiger partial charge in [0.15, 0.2) is 0 Å². The van der Waals surface area contributed by atoms with Crippen molar-refractivity contribution in [3.05, 3.63) is 12.2 Å². The summed E-state index contributed by atoms with van der Waals surface area (Å²) in [4.78, 5) is 0. The van der Waals surface area contributed by atoms with Crippen LogP contribution in [0.25, 0.3) is 0 Å². The van der Waals surface area contributed by atoms with Gasteiger partial charge >= 0.3 is 0 Å². The number of methoxy groups -OCH3 is 1. The summed E-state index contributed by atoms with van der Waals surface area (Å²) < 4.78 is 5.23. The molecule has 72 valence electrons. The summed E-state index contributed by atoms with van der Waals surface area (Å²) in [6.45, 7) is 8.73. The molecule has 0 bridgehead atoms. The standard InChI is InChI=1S/C11H22O/c1-6-9(2)7-8-10(3)11(4)12-5/h7-11H,6H2,1-5H3/b8-7-/t9?,10-,11-/m0/s1. The van der Waals surface area contributed by atoms with Crippen molar-refractivity contribution in [1.29, 1.82) is 0 Å². The highest BCUT2D eigenvalue weighted by Crippen LogP contribution is 2.10. The molecule has 1 unspecified atom stereocenters. The van der Waals surface area contributed by atoms with E-state index in [0.29, 0.717) is 17.9 Å². The van der Waals surface area contributed by atoms with Crippen LogP contribution in [0.3, 0.4) is 0 Å². The van der Waals surface area contributed by atoms with Crippen molar-refractivity contribution in [3.8, 4) is 0 Å². The number of hydrogen-bond donors (Lipinski definition) is 0. The minimum absolute atomic E-state index is 0.324. The molecule has 1 heteroatoms. The van der Waals surface area contributed by atoms with Crippen LogP contribution in [0.4, 0.5) is 0 Å².